The fraction of sp³-hybridized carbons (Fsp3) is 0.487. The van der Waals surface area contributed by atoms with Crippen molar-refractivity contribution in [1.29, 1.82) is 0 Å². The van der Waals surface area contributed by atoms with Gasteiger partial charge in [-0.15, -0.1) is 5.06 Å². The molecule has 282 valence electrons. The van der Waals surface area contributed by atoms with Crippen LogP contribution in [0.5, 0.6) is 23.0 Å². The van der Waals surface area contributed by atoms with Gasteiger partial charge in [0.2, 0.25) is 0 Å². The number of hydroxylamine groups is 2. The van der Waals surface area contributed by atoms with Crippen LogP contribution in [0.1, 0.15) is 39.2 Å². The Morgan fingerprint density at radius 1 is 0.904 bits per heavy atom. The number of hydrogen-bond acceptors (Lipinski definition) is 12. The van der Waals surface area contributed by atoms with E-state index in [4.69, 9.17) is 38.0 Å². The Balaban J connectivity index is 1.20. The second kappa shape index (κ2) is 18.7. The van der Waals surface area contributed by atoms with Crippen molar-refractivity contribution in [3.8, 4) is 23.0 Å². The van der Waals surface area contributed by atoms with Crippen LogP contribution in [-0.2, 0) is 30.4 Å². The zero-order valence-corrected chi connectivity index (χ0v) is 30.8. The zero-order chi connectivity index (χ0) is 36.9. The monoisotopic (exact) mass is 721 g/mol. The van der Waals surface area contributed by atoms with Gasteiger partial charge in [-0.3, -0.25) is 4.79 Å². The number of carbonyl (C=O) groups is 2. The summed E-state index contributed by atoms with van der Waals surface area (Å²) in [7, 11) is 3.30. The number of carbonyl (C=O) groups excluding carboxylic acids is 2. The molecule has 52 heavy (non-hydrogen) atoms. The molecule has 1 atom stereocenters. The molecule has 2 aliphatic rings. The lowest BCUT2D eigenvalue weighted by Gasteiger charge is -2.41. The van der Waals surface area contributed by atoms with Crippen LogP contribution in [0.4, 0.5) is 16.2 Å². The van der Waals surface area contributed by atoms with Gasteiger partial charge in [0.1, 0.15) is 35.2 Å². The Hall–Kier alpha value is -4.72. The number of anilines is 2. The fourth-order valence-electron chi connectivity index (χ4n) is 5.93. The first-order chi connectivity index (χ1) is 25.1. The van der Waals surface area contributed by atoms with E-state index >= 15 is 0 Å². The maximum atomic E-state index is 12.7. The first-order valence-corrected chi connectivity index (χ1v) is 17.7. The van der Waals surface area contributed by atoms with Gasteiger partial charge in [-0.25, -0.2) is 4.79 Å². The smallest absolute Gasteiger partial charge is 0.496 e. The molecule has 3 aromatic rings. The molecule has 3 aromatic carbocycles. The topological polar surface area (TPSA) is 118 Å². The molecule has 5 rings (SSSR count). The summed E-state index contributed by atoms with van der Waals surface area (Å²) in [6, 6.07) is 21.0. The number of nitrogens with zero attached hydrogens (tertiary/aromatic N) is 3. The van der Waals surface area contributed by atoms with Gasteiger partial charge in [0.15, 0.2) is 6.61 Å². The number of amides is 1. The Bertz CT molecular complexity index is 1600. The molecular weight excluding hydrogens is 670 g/mol. The van der Waals surface area contributed by atoms with Crippen molar-refractivity contribution in [1.82, 2.24) is 5.06 Å². The number of rotatable bonds is 17. The lowest BCUT2D eigenvalue weighted by atomic mass is 10.1. The number of methoxy groups -OCH3 is 2. The van der Waals surface area contributed by atoms with Crippen molar-refractivity contribution in [2.24, 2.45) is 0 Å². The van der Waals surface area contributed by atoms with Crippen LogP contribution < -0.4 is 28.7 Å². The van der Waals surface area contributed by atoms with Crippen LogP contribution in [-0.4, -0.2) is 102 Å². The third-order valence-electron chi connectivity index (χ3n) is 8.40. The molecule has 0 N–H and O–H groups in total. The number of ether oxygens (including phenoxy) is 7. The van der Waals surface area contributed by atoms with Crippen LogP contribution >= 0.6 is 0 Å². The van der Waals surface area contributed by atoms with E-state index in [0.717, 1.165) is 29.2 Å². The number of para-hydroxylation sites is 1. The van der Waals surface area contributed by atoms with Crippen LogP contribution in [0.15, 0.2) is 66.7 Å². The Morgan fingerprint density at radius 3 is 2.46 bits per heavy atom. The Labute approximate surface area is 306 Å². The van der Waals surface area contributed by atoms with E-state index < -0.39 is 11.8 Å². The summed E-state index contributed by atoms with van der Waals surface area (Å²) in [5.41, 5.74) is 1.98. The van der Waals surface area contributed by atoms with E-state index in [-0.39, 0.29) is 25.2 Å². The highest BCUT2D eigenvalue weighted by atomic mass is 16.8. The lowest BCUT2D eigenvalue weighted by Crippen LogP contribution is -2.56. The second-order valence-corrected chi connectivity index (χ2v) is 13.5. The van der Waals surface area contributed by atoms with Crippen molar-refractivity contribution in [2.45, 2.75) is 51.9 Å². The SMILES string of the molecule is COCCCN1C(=O)COc2ccc(OCC3CN(OC(=O)OC(C)(C)C)CCN3c3ccc(OCCCOCc4ccccc4OC)cc3)cc21. The van der Waals surface area contributed by atoms with E-state index in [1.165, 1.54) is 0 Å². The molecule has 0 aliphatic carbocycles. The first kappa shape index (κ1) is 38.5. The molecule has 1 amide bonds. The molecule has 0 aromatic heterocycles. The van der Waals surface area contributed by atoms with E-state index in [1.54, 1.807) is 45.0 Å². The minimum atomic E-state index is -0.750. The zero-order valence-electron chi connectivity index (χ0n) is 30.8. The van der Waals surface area contributed by atoms with E-state index in [2.05, 4.69) is 4.90 Å². The van der Waals surface area contributed by atoms with Gasteiger partial charge in [-0.2, -0.15) is 0 Å². The highest BCUT2D eigenvalue weighted by molar-refractivity contribution is 5.98. The van der Waals surface area contributed by atoms with Gasteiger partial charge >= 0.3 is 6.16 Å². The van der Waals surface area contributed by atoms with Crippen LogP contribution in [0, 0.1) is 0 Å². The molecule has 2 aliphatic heterocycles. The van der Waals surface area contributed by atoms with Crippen molar-refractivity contribution in [3.63, 3.8) is 0 Å². The maximum absolute atomic E-state index is 12.7. The quantitative estimate of drug-likeness (QED) is 0.122. The highest BCUT2D eigenvalue weighted by Gasteiger charge is 2.32. The average Bonchev–Trinajstić information content (AvgIpc) is 3.13. The molecule has 1 unspecified atom stereocenters. The predicted octanol–water partition coefficient (Wildman–Crippen LogP) is 5.88. The van der Waals surface area contributed by atoms with Gasteiger partial charge < -0.3 is 47.8 Å². The summed E-state index contributed by atoms with van der Waals surface area (Å²) in [6.45, 7) is 9.69. The van der Waals surface area contributed by atoms with Gasteiger partial charge in [0.05, 0.1) is 51.7 Å². The van der Waals surface area contributed by atoms with E-state index in [9.17, 15) is 9.59 Å². The molecule has 1 saturated heterocycles. The predicted molar refractivity (Wildman–Crippen MR) is 196 cm³/mol. The normalized spacial score (nSPS) is 16.2. The summed E-state index contributed by atoms with van der Waals surface area (Å²) >= 11 is 0. The molecule has 1 fully saturated rings. The summed E-state index contributed by atoms with van der Waals surface area (Å²) < 4.78 is 39.8. The van der Waals surface area contributed by atoms with Crippen LogP contribution in [0.25, 0.3) is 0 Å². The van der Waals surface area contributed by atoms with Gasteiger partial charge in [0.25, 0.3) is 5.91 Å². The van der Waals surface area contributed by atoms with Crippen molar-refractivity contribution >= 4 is 23.4 Å². The molecule has 0 spiro atoms. The minimum absolute atomic E-state index is 0.00624. The number of hydrogen-bond donors (Lipinski definition) is 0. The Kier molecular flexibility index (Phi) is 13.8. The summed E-state index contributed by atoms with van der Waals surface area (Å²) in [5, 5.41) is 1.61. The molecule has 2 heterocycles. The van der Waals surface area contributed by atoms with E-state index in [0.29, 0.717) is 76.2 Å². The third kappa shape index (κ3) is 11.1. The Morgan fingerprint density at radius 2 is 1.69 bits per heavy atom. The average molecular weight is 722 g/mol. The van der Waals surface area contributed by atoms with E-state index in [1.807, 2.05) is 66.7 Å². The molecule has 0 saturated carbocycles. The summed E-state index contributed by atoms with van der Waals surface area (Å²) in [6.07, 6.45) is 0.685. The van der Waals surface area contributed by atoms with Gasteiger partial charge in [0, 0.05) is 50.5 Å². The summed E-state index contributed by atoms with van der Waals surface area (Å²) in [5.74, 6) is 2.68. The highest BCUT2D eigenvalue weighted by Crippen LogP contribution is 2.36. The van der Waals surface area contributed by atoms with Gasteiger partial charge in [-0.05, 0) is 69.7 Å². The van der Waals surface area contributed by atoms with Crippen molar-refractivity contribution in [2.75, 3.05) is 83.2 Å². The molecule has 13 heteroatoms. The lowest BCUT2D eigenvalue weighted by molar-refractivity contribution is -0.151. The molecular formula is C39H51N3O10. The second-order valence-electron chi connectivity index (χ2n) is 13.5. The van der Waals surface area contributed by atoms with Crippen molar-refractivity contribution in [3.05, 3.63) is 72.3 Å². The summed E-state index contributed by atoms with van der Waals surface area (Å²) in [4.78, 5) is 34.8. The van der Waals surface area contributed by atoms with Crippen LogP contribution in [0.3, 0.4) is 0 Å². The number of fused-ring (bicyclic) bond motifs is 1. The standard InChI is InChI=1S/C39H51N3O10/c1-39(2,3)51-38(44)52-40-19-20-41(30-12-14-32(15-13-30)48-23-9-22-47-26-29-10-6-7-11-35(29)46-5)31(25-40)27-49-33-16-17-36-34(24-33)42(18-8-21-45-4)37(43)28-50-36/h6-7,10-17,24,31H,8-9,18-23,25-28H2,1-5H3. The number of benzene rings is 3. The van der Waals surface area contributed by atoms with Gasteiger partial charge in [-0.1, -0.05) is 18.2 Å². The third-order valence-corrected chi connectivity index (χ3v) is 8.40. The maximum Gasteiger partial charge on any atom is 0.528 e. The fourth-order valence-corrected chi connectivity index (χ4v) is 5.93. The molecule has 0 radical (unpaired) electrons. The number of piperazine rings is 1. The molecule has 0 bridgehead atoms. The van der Waals surface area contributed by atoms with Crippen molar-refractivity contribution < 1.29 is 47.6 Å². The first-order valence-electron chi connectivity index (χ1n) is 17.7. The largest absolute Gasteiger partial charge is 0.528 e. The van der Waals surface area contributed by atoms with Crippen LogP contribution in [0.2, 0.25) is 0 Å². The minimum Gasteiger partial charge on any atom is -0.496 e. The molecule has 13 nitrogen and oxygen atoms in total.